The van der Waals surface area contributed by atoms with Gasteiger partial charge in [0.15, 0.2) is 11.5 Å². The maximum absolute atomic E-state index is 12.7. The number of nitrogens with one attached hydrogen (secondary N) is 2. The Morgan fingerprint density at radius 1 is 1.16 bits per heavy atom. The van der Waals surface area contributed by atoms with Crippen LogP contribution in [0.4, 0.5) is 0 Å². The lowest BCUT2D eigenvalue weighted by Gasteiger charge is -2.20. The van der Waals surface area contributed by atoms with Gasteiger partial charge in [0, 0.05) is 10.6 Å². The predicted molar refractivity (Wildman–Crippen MR) is 135 cm³/mol. The van der Waals surface area contributed by atoms with Gasteiger partial charge in [0.05, 0.1) is 23.0 Å². The summed E-state index contributed by atoms with van der Waals surface area (Å²) in [6.07, 6.45) is 1.52. The van der Waals surface area contributed by atoms with Crippen molar-refractivity contribution in [3.8, 4) is 11.5 Å². The van der Waals surface area contributed by atoms with Crippen molar-refractivity contribution in [1.82, 2.24) is 10.7 Å². The van der Waals surface area contributed by atoms with Gasteiger partial charge in [0.2, 0.25) is 0 Å². The van der Waals surface area contributed by atoms with Gasteiger partial charge in [-0.3, -0.25) is 9.59 Å². The lowest BCUT2D eigenvalue weighted by atomic mass is 10.0. The molecule has 32 heavy (non-hydrogen) atoms. The molecule has 1 atom stereocenters. The number of carbonyl (C=O) groups excluding carboxylic acids is 2. The number of carbonyl (C=O) groups is 2. The van der Waals surface area contributed by atoms with Crippen LogP contribution in [-0.4, -0.2) is 37.3 Å². The molecule has 0 aliphatic heterocycles. The van der Waals surface area contributed by atoms with Crippen molar-refractivity contribution in [2.75, 3.05) is 13.2 Å². The Morgan fingerprint density at radius 2 is 1.88 bits per heavy atom. The second-order valence-electron chi connectivity index (χ2n) is 7.14. The molecule has 0 saturated heterocycles. The molecular weight excluding hydrogens is 545 g/mol. The van der Waals surface area contributed by atoms with Crippen LogP contribution in [-0.2, 0) is 4.79 Å². The maximum Gasteiger partial charge on any atom is 0.262 e. The third kappa shape index (κ3) is 7.37. The molecule has 0 aliphatic rings. The van der Waals surface area contributed by atoms with Crippen LogP contribution in [0.3, 0.4) is 0 Å². The monoisotopic (exact) mass is 571 g/mol. The normalized spacial score (nSPS) is 12.0. The zero-order valence-corrected chi connectivity index (χ0v) is 21.4. The smallest absolute Gasteiger partial charge is 0.262 e. The highest BCUT2D eigenvalue weighted by atomic mass is 127. The van der Waals surface area contributed by atoms with Gasteiger partial charge in [-0.25, -0.2) is 5.43 Å². The van der Waals surface area contributed by atoms with E-state index in [2.05, 4.69) is 38.4 Å². The molecule has 2 aromatic rings. The van der Waals surface area contributed by atoms with Crippen molar-refractivity contribution in [2.24, 2.45) is 11.0 Å². The highest BCUT2D eigenvalue weighted by Gasteiger charge is 2.24. The molecule has 7 nitrogen and oxygen atoms in total. The summed E-state index contributed by atoms with van der Waals surface area (Å²) in [5, 5.41) is 7.25. The topological polar surface area (TPSA) is 89.0 Å². The summed E-state index contributed by atoms with van der Waals surface area (Å²) in [4.78, 5) is 25.2. The van der Waals surface area contributed by atoms with Crippen LogP contribution in [0, 0.1) is 9.49 Å². The summed E-state index contributed by atoms with van der Waals surface area (Å²) >= 11 is 8.12. The van der Waals surface area contributed by atoms with Gasteiger partial charge in [-0.1, -0.05) is 31.5 Å². The zero-order valence-electron chi connectivity index (χ0n) is 18.4. The fraction of sp³-hybridized carbons (Fsp3) is 0.348. The van der Waals surface area contributed by atoms with E-state index in [0.717, 1.165) is 9.13 Å². The first-order chi connectivity index (χ1) is 15.3. The van der Waals surface area contributed by atoms with Crippen LogP contribution < -0.4 is 20.2 Å². The fourth-order valence-electron chi connectivity index (χ4n) is 2.84. The molecule has 0 radical (unpaired) electrons. The Balaban J connectivity index is 2.10. The summed E-state index contributed by atoms with van der Waals surface area (Å²) in [5.41, 5.74) is 3.63. The molecular formula is C23H27ClIN3O4. The van der Waals surface area contributed by atoms with Crippen LogP contribution in [0.5, 0.6) is 11.5 Å². The molecule has 0 saturated carbocycles. The number of ether oxygens (including phenoxy) is 2. The molecule has 2 amide bonds. The van der Waals surface area contributed by atoms with Crippen molar-refractivity contribution < 1.29 is 19.1 Å². The third-order valence-corrected chi connectivity index (χ3v) is 5.37. The van der Waals surface area contributed by atoms with Crippen LogP contribution in [0.25, 0.3) is 0 Å². The standard InChI is InChI=1S/C23H27ClIN3O4/c1-5-31-19-11-15(10-18(25)21(19)32-6-2)13-26-28-23(30)20(14(3)4)27-22(29)16-8-7-9-17(24)12-16/h7-14,20H,5-6H2,1-4H3,(H,27,29)(H,28,30)/b26-13+. The number of hydrogen-bond acceptors (Lipinski definition) is 5. The molecule has 9 heteroatoms. The third-order valence-electron chi connectivity index (χ3n) is 4.33. The van der Waals surface area contributed by atoms with E-state index in [-0.39, 0.29) is 11.8 Å². The van der Waals surface area contributed by atoms with Gasteiger partial charge in [0.1, 0.15) is 6.04 Å². The minimum absolute atomic E-state index is 0.149. The van der Waals surface area contributed by atoms with Crippen molar-refractivity contribution >= 4 is 52.2 Å². The van der Waals surface area contributed by atoms with E-state index < -0.39 is 11.9 Å². The minimum atomic E-state index is -0.766. The first-order valence-electron chi connectivity index (χ1n) is 10.2. The molecule has 0 aliphatic carbocycles. The van der Waals surface area contributed by atoms with E-state index in [4.69, 9.17) is 21.1 Å². The second-order valence-corrected chi connectivity index (χ2v) is 8.73. The zero-order chi connectivity index (χ0) is 23.7. The van der Waals surface area contributed by atoms with Gasteiger partial charge >= 0.3 is 0 Å². The first kappa shape index (κ1) is 25.9. The van der Waals surface area contributed by atoms with E-state index in [1.54, 1.807) is 30.3 Å². The Kier molecular flexibility index (Phi) is 10.2. The van der Waals surface area contributed by atoms with E-state index in [1.165, 1.54) is 6.21 Å². The predicted octanol–water partition coefficient (Wildman–Crippen LogP) is 4.65. The summed E-state index contributed by atoms with van der Waals surface area (Å²) in [6.45, 7) is 8.51. The van der Waals surface area contributed by atoms with Gasteiger partial charge < -0.3 is 14.8 Å². The summed E-state index contributed by atoms with van der Waals surface area (Å²) < 4.78 is 12.2. The number of hydrogen-bond donors (Lipinski definition) is 2. The Bertz CT molecular complexity index is 982. The Hall–Kier alpha value is -2.33. The molecule has 2 aromatic carbocycles. The number of rotatable bonds is 10. The largest absolute Gasteiger partial charge is 0.490 e. The first-order valence-corrected chi connectivity index (χ1v) is 11.7. The number of amides is 2. The summed E-state index contributed by atoms with van der Waals surface area (Å²) in [7, 11) is 0. The fourth-order valence-corrected chi connectivity index (χ4v) is 3.81. The summed E-state index contributed by atoms with van der Waals surface area (Å²) in [5.74, 6) is 0.344. The number of halogens is 2. The van der Waals surface area contributed by atoms with Crippen molar-refractivity contribution in [3.05, 3.63) is 56.1 Å². The van der Waals surface area contributed by atoms with Gasteiger partial charge in [-0.15, -0.1) is 0 Å². The molecule has 2 N–H and O–H groups in total. The lowest BCUT2D eigenvalue weighted by Crippen LogP contribution is -2.48. The molecule has 0 heterocycles. The van der Waals surface area contributed by atoms with Crippen LogP contribution >= 0.6 is 34.2 Å². The van der Waals surface area contributed by atoms with Gasteiger partial charge in [0.25, 0.3) is 11.8 Å². The van der Waals surface area contributed by atoms with E-state index in [0.29, 0.717) is 35.3 Å². The number of hydrazone groups is 1. The van der Waals surface area contributed by atoms with Crippen LogP contribution in [0.1, 0.15) is 43.6 Å². The highest BCUT2D eigenvalue weighted by molar-refractivity contribution is 14.1. The average molecular weight is 572 g/mol. The molecule has 0 spiro atoms. The Labute approximate surface area is 207 Å². The van der Waals surface area contributed by atoms with E-state index >= 15 is 0 Å². The van der Waals surface area contributed by atoms with E-state index in [1.807, 2.05) is 33.8 Å². The molecule has 172 valence electrons. The minimum Gasteiger partial charge on any atom is -0.490 e. The highest BCUT2D eigenvalue weighted by Crippen LogP contribution is 2.33. The SMILES string of the molecule is CCOc1cc(/C=N/NC(=O)C(NC(=O)c2cccc(Cl)c2)C(C)C)cc(I)c1OCC. The van der Waals surface area contributed by atoms with E-state index in [9.17, 15) is 9.59 Å². The lowest BCUT2D eigenvalue weighted by molar-refractivity contribution is -0.123. The van der Waals surface area contributed by atoms with Crippen LogP contribution in [0.15, 0.2) is 41.5 Å². The second kappa shape index (κ2) is 12.6. The average Bonchev–Trinajstić information content (AvgIpc) is 2.74. The van der Waals surface area contributed by atoms with Crippen molar-refractivity contribution in [1.29, 1.82) is 0 Å². The number of benzene rings is 2. The van der Waals surface area contributed by atoms with Crippen molar-refractivity contribution in [3.63, 3.8) is 0 Å². The summed E-state index contributed by atoms with van der Waals surface area (Å²) in [6, 6.07) is 9.46. The molecule has 0 fully saturated rings. The molecule has 0 aromatic heterocycles. The quantitative estimate of drug-likeness (QED) is 0.247. The maximum atomic E-state index is 12.7. The van der Waals surface area contributed by atoms with Crippen molar-refractivity contribution in [2.45, 2.75) is 33.7 Å². The van der Waals surface area contributed by atoms with Gasteiger partial charge in [-0.05, 0) is 78.3 Å². The van der Waals surface area contributed by atoms with Crippen LogP contribution in [0.2, 0.25) is 5.02 Å². The molecule has 1 unspecified atom stereocenters. The van der Waals surface area contributed by atoms with Gasteiger partial charge in [-0.2, -0.15) is 5.10 Å². The molecule has 2 rings (SSSR count). The molecule has 0 bridgehead atoms. The Morgan fingerprint density at radius 3 is 2.50 bits per heavy atom. The number of nitrogens with zero attached hydrogens (tertiary/aromatic N) is 1.